The van der Waals surface area contributed by atoms with Crippen LogP contribution in [0.3, 0.4) is 0 Å². The number of hydrogen-bond acceptors (Lipinski definition) is 3. The van der Waals surface area contributed by atoms with Crippen LogP contribution in [0.4, 0.5) is 13.2 Å². The van der Waals surface area contributed by atoms with E-state index in [1.54, 1.807) is 0 Å². The molecule has 110 valence electrons. The largest absolute Gasteiger partial charge is 0.496 e. The van der Waals surface area contributed by atoms with Gasteiger partial charge in [0, 0.05) is 5.56 Å². The first-order valence-corrected chi connectivity index (χ1v) is 6.13. The molecule has 0 atom stereocenters. The van der Waals surface area contributed by atoms with Gasteiger partial charge in [0.2, 0.25) is 5.90 Å². The molecular weight excluding hydrogens is 271 g/mol. The molecule has 1 aliphatic rings. The molecule has 6 heteroatoms. The van der Waals surface area contributed by atoms with Crippen molar-refractivity contribution in [2.24, 2.45) is 4.99 Å². The molecule has 1 heterocycles. The van der Waals surface area contributed by atoms with E-state index < -0.39 is 11.7 Å². The number of aliphatic imine (C=N–C) groups is 1. The first kappa shape index (κ1) is 14.7. The van der Waals surface area contributed by atoms with Crippen LogP contribution in [0.1, 0.15) is 30.5 Å². The molecule has 3 nitrogen and oxygen atoms in total. The minimum Gasteiger partial charge on any atom is -0.496 e. The first-order valence-electron chi connectivity index (χ1n) is 6.13. The second-order valence-corrected chi connectivity index (χ2v) is 5.33. The number of halogens is 3. The van der Waals surface area contributed by atoms with Gasteiger partial charge in [-0.3, -0.25) is 0 Å². The second-order valence-electron chi connectivity index (χ2n) is 5.33. The Bertz CT molecular complexity index is 562. The molecule has 0 radical (unpaired) electrons. The van der Waals surface area contributed by atoms with E-state index in [1.165, 1.54) is 20.1 Å². The predicted molar refractivity (Wildman–Crippen MR) is 69.3 cm³/mol. The van der Waals surface area contributed by atoms with E-state index in [2.05, 4.69) is 4.99 Å². The van der Waals surface area contributed by atoms with Crippen LogP contribution in [-0.4, -0.2) is 25.2 Å². The van der Waals surface area contributed by atoms with E-state index in [0.717, 1.165) is 6.07 Å². The van der Waals surface area contributed by atoms with Gasteiger partial charge in [-0.25, -0.2) is 4.99 Å². The number of methoxy groups -OCH3 is 1. The van der Waals surface area contributed by atoms with Crippen LogP contribution >= 0.6 is 0 Å². The second kappa shape index (κ2) is 4.68. The molecule has 20 heavy (non-hydrogen) atoms. The predicted octanol–water partition coefficient (Wildman–Crippen LogP) is 3.58. The lowest BCUT2D eigenvalue weighted by atomic mass is 10.0. The number of hydrogen-bond donors (Lipinski definition) is 0. The third kappa shape index (κ3) is 2.59. The molecule has 0 aromatic heterocycles. The Hall–Kier alpha value is -1.72. The van der Waals surface area contributed by atoms with Crippen molar-refractivity contribution in [1.29, 1.82) is 0 Å². The molecule has 0 spiro atoms. The minimum atomic E-state index is -4.41. The maximum absolute atomic E-state index is 12.9. The van der Waals surface area contributed by atoms with Crippen molar-refractivity contribution in [3.05, 3.63) is 28.8 Å². The topological polar surface area (TPSA) is 30.8 Å². The third-order valence-corrected chi connectivity index (χ3v) is 3.11. The molecule has 1 aromatic rings. The molecular formula is C14H16F3NO2. The Morgan fingerprint density at radius 1 is 1.30 bits per heavy atom. The summed E-state index contributed by atoms with van der Waals surface area (Å²) >= 11 is 0. The van der Waals surface area contributed by atoms with Crippen LogP contribution in [0.5, 0.6) is 5.75 Å². The van der Waals surface area contributed by atoms with Crippen molar-refractivity contribution in [1.82, 2.24) is 0 Å². The zero-order chi connectivity index (χ0) is 15.1. The van der Waals surface area contributed by atoms with Gasteiger partial charge in [0.15, 0.2) is 0 Å². The number of rotatable bonds is 2. The van der Waals surface area contributed by atoms with E-state index in [1.807, 2.05) is 13.8 Å². The molecule has 0 amide bonds. The molecule has 1 aromatic carbocycles. The van der Waals surface area contributed by atoms with Gasteiger partial charge in [-0.1, -0.05) is 0 Å². The van der Waals surface area contributed by atoms with Gasteiger partial charge >= 0.3 is 6.18 Å². The molecule has 0 saturated carbocycles. The molecule has 0 N–H and O–H groups in total. The van der Waals surface area contributed by atoms with E-state index in [4.69, 9.17) is 9.47 Å². The van der Waals surface area contributed by atoms with Gasteiger partial charge in [-0.2, -0.15) is 13.2 Å². The van der Waals surface area contributed by atoms with Crippen molar-refractivity contribution in [2.45, 2.75) is 32.5 Å². The summed E-state index contributed by atoms with van der Waals surface area (Å²) in [5.74, 6) is 0.472. The van der Waals surface area contributed by atoms with Crippen molar-refractivity contribution in [2.75, 3.05) is 13.7 Å². The van der Waals surface area contributed by atoms with Crippen LogP contribution in [0.15, 0.2) is 17.1 Å². The highest BCUT2D eigenvalue weighted by atomic mass is 19.4. The number of benzene rings is 1. The highest BCUT2D eigenvalue weighted by molar-refractivity contribution is 5.98. The fourth-order valence-electron chi connectivity index (χ4n) is 2.15. The van der Waals surface area contributed by atoms with Crippen LogP contribution in [0, 0.1) is 6.92 Å². The Morgan fingerprint density at radius 3 is 2.40 bits per heavy atom. The lowest BCUT2D eigenvalue weighted by Crippen LogP contribution is -2.17. The highest BCUT2D eigenvalue weighted by Crippen LogP contribution is 2.38. The molecule has 0 fully saturated rings. The SMILES string of the molecule is COc1c(C2=NC(C)(C)CO2)ccc(C(F)(F)F)c1C. The van der Waals surface area contributed by atoms with E-state index >= 15 is 0 Å². The summed E-state index contributed by atoms with van der Waals surface area (Å²) in [6.45, 7) is 5.56. The normalized spacial score (nSPS) is 17.6. The first-order chi connectivity index (χ1) is 9.15. The fraction of sp³-hybridized carbons (Fsp3) is 0.500. The molecule has 0 aliphatic carbocycles. The average molecular weight is 287 g/mol. The van der Waals surface area contributed by atoms with Crippen molar-refractivity contribution >= 4 is 5.90 Å². The minimum absolute atomic E-state index is 0.0357. The van der Waals surface area contributed by atoms with Crippen LogP contribution in [0.25, 0.3) is 0 Å². The van der Waals surface area contributed by atoms with Gasteiger partial charge in [-0.15, -0.1) is 0 Å². The molecule has 0 unspecified atom stereocenters. The monoisotopic (exact) mass is 287 g/mol. The zero-order valence-corrected chi connectivity index (χ0v) is 11.8. The van der Waals surface area contributed by atoms with Crippen molar-refractivity contribution < 1.29 is 22.6 Å². The average Bonchev–Trinajstić information content (AvgIpc) is 2.67. The van der Waals surface area contributed by atoms with Gasteiger partial charge in [0.05, 0.1) is 23.8 Å². The zero-order valence-electron chi connectivity index (χ0n) is 11.8. The summed E-state index contributed by atoms with van der Waals surface area (Å²) in [5.41, 5.74) is -0.607. The molecule has 1 aliphatic heterocycles. The quantitative estimate of drug-likeness (QED) is 0.832. The summed E-state index contributed by atoms with van der Waals surface area (Å²) in [7, 11) is 1.34. The maximum Gasteiger partial charge on any atom is 0.416 e. The maximum atomic E-state index is 12.9. The lowest BCUT2D eigenvalue weighted by molar-refractivity contribution is -0.138. The number of alkyl halides is 3. The molecule has 2 rings (SSSR count). The summed E-state index contributed by atoms with van der Waals surface area (Å²) < 4.78 is 49.2. The highest BCUT2D eigenvalue weighted by Gasteiger charge is 2.36. The molecule has 0 saturated heterocycles. The fourth-order valence-corrected chi connectivity index (χ4v) is 2.15. The van der Waals surface area contributed by atoms with Crippen LogP contribution in [-0.2, 0) is 10.9 Å². The molecule has 0 bridgehead atoms. The summed E-state index contributed by atoms with van der Waals surface area (Å²) in [6.07, 6.45) is -4.41. The Balaban J connectivity index is 2.55. The van der Waals surface area contributed by atoms with Gasteiger partial charge in [0.25, 0.3) is 0 Å². The summed E-state index contributed by atoms with van der Waals surface area (Å²) in [4.78, 5) is 4.37. The van der Waals surface area contributed by atoms with Gasteiger partial charge < -0.3 is 9.47 Å². The van der Waals surface area contributed by atoms with Crippen molar-refractivity contribution in [3.63, 3.8) is 0 Å². The van der Waals surface area contributed by atoms with Crippen LogP contribution in [0.2, 0.25) is 0 Å². The van der Waals surface area contributed by atoms with Gasteiger partial charge in [0.1, 0.15) is 12.4 Å². The Labute approximate surface area is 115 Å². The van der Waals surface area contributed by atoms with E-state index in [-0.39, 0.29) is 16.9 Å². The smallest absolute Gasteiger partial charge is 0.416 e. The van der Waals surface area contributed by atoms with E-state index in [0.29, 0.717) is 18.1 Å². The van der Waals surface area contributed by atoms with E-state index in [9.17, 15) is 13.2 Å². The number of ether oxygens (including phenoxy) is 2. The van der Waals surface area contributed by atoms with Crippen molar-refractivity contribution in [3.8, 4) is 5.75 Å². The standard InChI is InChI=1S/C14H16F3NO2/c1-8-10(14(15,16)17)6-5-9(11(8)19-4)12-18-13(2,3)7-20-12/h5-6H,7H2,1-4H3. The van der Waals surface area contributed by atoms with Gasteiger partial charge in [-0.05, 0) is 32.9 Å². The summed E-state index contributed by atoms with van der Waals surface area (Å²) in [6, 6.07) is 2.37. The number of nitrogens with zero attached hydrogens (tertiary/aromatic N) is 1. The Kier molecular flexibility index (Phi) is 3.44. The Morgan fingerprint density at radius 2 is 1.95 bits per heavy atom. The summed E-state index contributed by atoms with van der Waals surface area (Å²) in [5, 5.41) is 0. The lowest BCUT2D eigenvalue weighted by Gasteiger charge is -2.16. The third-order valence-electron chi connectivity index (χ3n) is 3.11. The van der Waals surface area contributed by atoms with Crippen LogP contribution < -0.4 is 4.74 Å².